The van der Waals surface area contributed by atoms with Gasteiger partial charge in [0.25, 0.3) is 0 Å². The molecule has 0 radical (unpaired) electrons. The van der Waals surface area contributed by atoms with Crippen LogP contribution in [0.3, 0.4) is 0 Å². The molecule has 0 aliphatic heterocycles. The lowest BCUT2D eigenvalue weighted by atomic mass is 10.2. The van der Waals surface area contributed by atoms with Gasteiger partial charge < -0.3 is 14.7 Å². The molecule has 0 unspecified atom stereocenters. The van der Waals surface area contributed by atoms with Crippen molar-refractivity contribution >= 4 is 17.0 Å². The molecule has 7 heteroatoms. The van der Waals surface area contributed by atoms with E-state index >= 15 is 0 Å². The number of hydrogen-bond acceptors (Lipinski definition) is 3. The summed E-state index contributed by atoms with van der Waals surface area (Å²) in [7, 11) is 1.89. The molecule has 0 saturated carbocycles. The highest BCUT2D eigenvalue weighted by Gasteiger charge is 2.11. The summed E-state index contributed by atoms with van der Waals surface area (Å²) in [6.07, 6.45) is 4.14. The normalized spacial score (nSPS) is 11.1. The summed E-state index contributed by atoms with van der Waals surface area (Å²) in [4.78, 5) is 30.0. The highest BCUT2D eigenvalue weighted by Crippen LogP contribution is 2.13. The fourth-order valence-corrected chi connectivity index (χ4v) is 2.36. The monoisotopic (exact) mass is 286 g/mol. The van der Waals surface area contributed by atoms with Crippen molar-refractivity contribution in [3.63, 3.8) is 0 Å². The van der Waals surface area contributed by atoms with E-state index in [0.29, 0.717) is 24.0 Å². The Labute approximate surface area is 119 Å². The van der Waals surface area contributed by atoms with Crippen molar-refractivity contribution in [2.24, 2.45) is 7.05 Å². The van der Waals surface area contributed by atoms with E-state index in [0.717, 1.165) is 5.82 Å². The van der Waals surface area contributed by atoms with Crippen molar-refractivity contribution in [1.82, 2.24) is 19.1 Å². The second kappa shape index (κ2) is 4.93. The Morgan fingerprint density at radius 3 is 2.90 bits per heavy atom. The number of nitrogens with one attached hydrogen (secondary N) is 1. The van der Waals surface area contributed by atoms with Crippen LogP contribution in [0.15, 0.2) is 35.4 Å². The molecule has 0 atom stereocenters. The second-order valence-corrected chi connectivity index (χ2v) is 4.82. The molecule has 1 aromatic carbocycles. The number of aromatic carboxylic acids is 1. The number of benzene rings is 1. The lowest BCUT2D eigenvalue weighted by Crippen LogP contribution is -2.18. The van der Waals surface area contributed by atoms with Gasteiger partial charge in [0.05, 0.1) is 16.6 Å². The lowest BCUT2D eigenvalue weighted by molar-refractivity contribution is 0.0697. The molecular weight excluding hydrogens is 272 g/mol. The molecule has 0 fully saturated rings. The van der Waals surface area contributed by atoms with E-state index in [1.807, 2.05) is 17.8 Å². The van der Waals surface area contributed by atoms with Crippen LogP contribution in [0.5, 0.6) is 0 Å². The van der Waals surface area contributed by atoms with Crippen molar-refractivity contribution in [3.05, 3.63) is 52.5 Å². The molecule has 3 rings (SSSR count). The maximum Gasteiger partial charge on any atom is 0.335 e. The molecule has 0 bridgehead atoms. The van der Waals surface area contributed by atoms with Gasteiger partial charge in [0, 0.05) is 32.4 Å². The first kappa shape index (κ1) is 13.2. The van der Waals surface area contributed by atoms with Crippen LogP contribution < -0.4 is 5.69 Å². The van der Waals surface area contributed by atoms with Crippen molar-refractivity contribution in [1.29, 1.82) is 0 Å². The number of nitrogens with zero attached hydrogens (tertiary/aromatic N) is 3. The van der Waals surface area contributed by atoms with Gasteiger partial charge in [-0.3, -0.25) is 4.57 Å². The molecule has 2 aromatic heterocycles. The standard InChI is InChI=1S/C14H14N4O3/c1-17-7-5-15-12(17)4-6-18-11-8-9(13(19)20)2-3-10(11)16-14(18)21/h2-3,5,7-8H,4,6H2,1H3,(H,16,21)(H,19,20). The number of carboxylic acids is 1. The van der Waals surface area contributed by atoms with E-state index in [-0.39, 0.29) is 11.3 Å². The Morgan fingerprint density at radius 2 is 2.24 bits per heavy atom. The zero-order valence-electron chi connectivity index (χ0n) is 11.4. The Balaban J connectivity index is 1.99. The third-order valence-electron chi connectivity index (χ3n) is 3.50. The zero-order chi connectivity index (χ0) is 15.0. The number of H-pyrrole nitrogens is 1. The Morgan fingerprint density at radius 1 is 1.43 bits per heavy atom. The molecule has 3 aromatic rings. The van der Waals surface area contributed by atoms with Gasteiger partial charge in [-0.05, 0) is 18.2 Å². The quantitative estimate of drug-likeness (QED) is 0.748. The summed E-state index contributed by atoms with van der Waals surface area (Å²) >= 11 is 0. The highest BCUT2D eigenvalue weighted by molar-refractivity contribution is 5.92. The smallest absolute Gasteiger partial charge is 0.335 e. The maximum atomic E-state index is 12.0. The fourth-order valence-electron chi connectivity index (χ4n) is 2.36. The maximum absolute atomic E-state index is 12.0. The summed E-state index contributed by atoms with van der Waals surface area (Å²) in [5.41, 5.74) is 1.13. The van der Waals surface area contributed by atoms with Crippen LogP contribution >= 0.6 is 0 Å². The average Bonchev–Trinajstić information content (AvgIpc) is 2.98. The summed E-state index contributed by atoms with van der Waals surface area (Å²) in [5, 5.41) is 9.05. The number of aromatic amines is 1. The van der Waals surface area contributed by atoms with Crippen molar-refractivity contribution < 1.29 is 9.90 Å². The van der Waals surface area contributed by atoms with Crippen LogP contribution in [0.4, 0.5) is 0 Å². The first-order valence-corrected chi connectivity index (χ1v) is 6.48. The van der Waals surface area contributed by atoms with Crippen molar-refractivity contribution in [2.75, 3.05) is 0 Å². The van der Waals surface area contributed by atoms with E-state index in [1.54, 1.807) is 12.3 Å². The van der Waals surface area contributed by atoms with E-state index in [4.69, 9.17) is 5.11 Å². The SMILES string of the molecule is Cn1ccnc1CCn1c(=O)[nH]c2ccc(C(=O)O)cc21. The zero-order valence-corrected chi connectivity index (χ0v) is 11.4. The number of hydrogen-bond donors (Lipinski definition) is 2. The molecule has 0 aliphatic rings. The summed E-state index contributed by atoms with van der Waals surface area (Å²) in [5.74, 6) is -0.146. The molecule has 2 N–H and O–H groups in total. The van der Waals surface area contributed by atoms with Gasteiger partial charge in [-0.1, -0.05) is 0 Å². The minimum atomic E-state index is -1.01. The number of aryl methyl sites for hydroxylation is 3. The first-order valence-electron chi connectivity index (χ1n) is 6.48. The number of fused-ring (bicyclic) bond motifs is 1. The number of imidazole rings is 2. The van der Waals surface area contributed by atoms with Gasteiger partial charge in [-0.15, -0.1) is 0 Å². The molecular formula is C14H14N4O3. The fraction of sp³-hybridized carbons (Fsp3) is 0.214. The highest BCUT2D eigenvalue weighted by atomic mass is 16.4. The van der Waals surface area contributed by atoms with Crippen molar-refractivity contribution in [3.8, 4) is 0 Å². The number of rotatable bonds is 4. The van der Waals surface area contributed by atoms with Gasteiger partial charge in [0.1, 0.15) is 5.82 Å². The van der Waals surface area contributed by atoms with E-state index in [2.05, 4.69) is 9.97 Å². The number of aromatic nitrogens is 4. The molecule has 0 amide bonds. The summed E-state index contributed by atoms with van der Waals surface area (Å²) < 4.78 is 3.43. The van der Waals surface area contributed by atoms with Gasteiger partial charge in [0.15, 0.2) is 0 Å². The molecule has 108 valence electrons. The molecule has 0 spiro atoms. The average molecular weight is 286 g/mol. The number of carbonyl (C=O) groups is 1. The van der Waals surface area contributed by atoms with E-state index < -0.39 is 5.97 Å². The lowest BCUT2D eigenvalue weighted by Gasteiger charge is -2.04. The van der Waals surface area contributed by atoms with Crippen LogP contribution in [0.1, 0.15) is 16.2 Å². The third kappa shape index (κ3) is 2.33. The van der Waals surface area contributed by atoms with Crippen LogP contribution in [0.25, 0.3) is 11.0 Å². The largest absolute Gasteiger partial charge is 0.478 e. The van der Waals surface area contributed by atoms with Gasteiger partial charge in [0.2, 0.25) is 0 Å². The minimum absolute atomic E-state index is 0.159. The summed E-state index contributed by atoms with van der Waals surface area (Å²) in [6, 6.07) is 4.59. The molecule has 7 nitrogen and oxygen atoms in total. The second-order valence-electron chi connectivity index (χ2n) is 4.82. The predicted octanol–water partition coefficient (Wildman–Crippen LogP) is 1.00. The van der Waals surface area contributed by atoms with E-state index in [9.17, 15) is 9.59 Å². The number of carboxylic acid groups (broad SMARTS) is 1. The Kier molecular flexibility index (Phi) is 3.09. The van der Waals surface area contributed by atoms with E-state index in [1.165, 1.54) is 16.7 Å². The van der Waals surface area contributed by atoms with Gasteiger partial charge in [-0.2, -0.15) is 0 Å². The Bertz CT molecular complexity index is 872. The Hall–Kier alpha value is -2.83. The van der Waals surface area contributed by atoms with Gasteiger partial charge >= 0.3 is 11.7 Å². The van der Waals surface area contributed by atoms with Crippen LogP contribution in [-0.4, -0.2) is 30.2 Å². The first-order chi connectivity index (χ1) is 10.1. The van der Waals surface area contributed by atoms with Crippen LogP contribution in [0.2, 0.25) is 0 Å². The molecule has 21 heavy (non-hydrogen) atoms. The summed E-state index contributed by atoms with van der Waals surface area (Å²) in [6.45, 7) is 0.437. The molecule has 0 aliphatic carbocycles. The van der Waals surface area contributed by atoms with Crippen LogP contribution in [-0.2, 0) is 20.0 Å². The minimum Gasteiger partial charge on any atom is -0.478 e. The van der Waals surface area contributed by atoms with Crippen LogP contribution in [0, 0.1) is 0 Å². The molecule has 2 heterocycles. The molecule has 0 saturated heterocycles. The predicted molar refractivity (Wildman–Crippen MR) is 76.4 cm³/mol. The third-order valence-corrected chi connectivity index (χ3v) is 3.50. The van der Waals surface area contributed by atoms with Crippen molar-refractivity contribution in [2.45, 2.75) is 13.0 Å². The van der Waals surface area contributed by atoms with Gasteiger partial charge in [-0.25, -0.2) is 14.6 Å². The topological polar surface area (TPSA) is 92.9 Å².